The van der Waals surface area contributed by atoms with Crippen LogP contribution in [0.25, 0.3) is 0 Å². The zero-order valence-electron chi connectivity index (χ0n) is 11.3. The monoisotopic (exact) mass is 316 g/mol. The van der Waals surface area contributed by atoms with Gasteiger partial charge in [-0.1, -0.05) is 11.6 Å². The molecule has 1 aromatic rings. The van der Waals surface area contributed by atoms with E-state index >= 15 is 0 Å². The fourth-order valence-electron chi connectivity index (χ4n) is 1.49. The first kappa shape index (κ1) is 16.7. The number of urea groups is 1. The molecule has 1 rings (SSSR count). The summed E-state index contributed by atoms with van der Waals surface area (Å²) in [4.78, 5) is 23.4. The molecule has 0 fully saturated rings. The maximum absolute atomic E-state index is 11.8. The molecule has 0 radical (unpaired) electrons. The number of hydrogen-bond donors (Lipinski definition) is 2. The average Bonchev–Trinajstić information content (AvgIpc) is 2.45. The van der Waals surface area contributed by atoms with Gasteiger partial charge in [0.25, 0.3) is 0 Å². The highest BCUT2D eigenvalue weighted by Gasteiger charge is 2.20. The van der Waals surface area contributed by atoms with Gasteiger partial charge in [0.2, 0.25) is 0 Å². The third-order valence-electron chi connectivity index (χ3n) is 2.50. The Kier molecular flexibility index (Phi) is 7.25. The van der Waals surface area contributed by atoms with Crippen LogP contribution in [0.15, 0.2) is 24.3 Å². The van der Waals surface area contributed by atoms with E-state index in [1.54, 1.807) is 36.0 Å². The second-order valence-electron chi connectivity index (χ2n) is 3.96. The van der Waals surface area contributed by atoms with E-state index in [-0.39, 0.29) is 0 Å². The predicted molar refractivity (Wildman–Crippen MR) is 82.4 cm³/mol. The summed E-state index contributed by atoms with van der Waals surface area (Å²) in [5.41, 5.74) is 0.598. The lowest BCUT2D eigenvalue weighted by Gasteiger charge is -2.16. The molecule has 0 aliphatic rings. The Morgan fingerprint density at radius 3 is 2.55 bits per heavy atom. The molecule has 110 valence electrons. The minimum absolute atomic E-state index is 0.453. The third kappa shape index (κ3) is 5.71. The normalized spacial score (nSPS) is 11.6. The topological polar surface area (TPSA) is 67.4 Å². The van der Waals surface area contributed by atoms with E-state index in [1.807, 2.05) is 6.26 Å². The molecule has 2 amide bonds. The Morgan fingerprint density at radius 1 is 1.35 bits per heavy atom. The zero-order chi connectivity index (χ0) is 15.0. The number of methoxy groups -OCH3 is 1. The van der Waals surface area contributed by atoms with Crippen LogP contribution in [-0.2, 0) is 9.53 Å². The Morgan fingerprint density at radius 2 is 2.00 bits per heavy atom. The fraction of sp³-hybridized carbons (Fsp3) is 0.385. The van der Waals surface area contributed by atoms with Crippen LogP contribution in [0, 0.1) is 0 Å². The summed E-state index contributed by atoms with van der Waals surface area (Å²) in [5.74, 6) is 0.298. The molecule has 0 unspecified atom stereocenters. The summed E-state index contributed by atoms with van der Waals surface area (Å²) in [6.45, 7) is 0. The molecule has 0 spiro atoms. The number of ether oxygens (including phenoxy) is 1. The van der Waals surface area contributed by atoms with Gasteiger partial charge in [-0.05, 0) is 42.7 Å². The Labute approximate surface area is 127 Å². The molecule has 0 heterocycles. The summed E-state index contributed by atoms with van der Waals surface area (Å²) < 4.78 is 4.67. The van der Waals surface area contributed by atoms with E-state index < -0.39 is 18.0 Å². The van der Waals surface area contributed by atoms with Crippen molar-refractivity contribution >= 4 is 41.1 Å². The lowest BCUT2D eigenvalue weighted by atomic mass is 10.2. The number of anilines is 1. The molecule has 0 aliphatic heterocycles. The van der Waals surface area contributed by atoms with Crippen molar-refractivity contribution in [2.24, 2.45) is 0 Å². The molecule has 2 N–H and O–H groups in total. The molecule has 20 heavy (non-hydrogen) atoms. The molecule has 0 saturated heterocycles. The van der Waals surface area contributed by atoms with Crippen molar-refractivity contribution in [3.63, 3.8) is 0 Å². The van der Waals surface area contributed by atoms with E-state index in [9.17, 15) is 9.59 Å². The van der Waals surface area contributed by atoms with Crippen molar-refractivity contribution in [1.82, 2.24) is 5.32 Å². The Balaban J connectivity index is 2.56. The predicted octanol–water partition coefficient (Wildman–Crippen LogP) is 2.76. The molecule has 1 atom stereocenters. The summed E-state index contributed by atoms with van der Waals surface area (Å²) >= 11 is 7.35. The largest absolute Gasteiger partial charge is 0.467 e. The maximum Gasteiger partial charge on any atom is 0.328 e. The molecule has 1 aromatic carbocycles. The molecule has 0 saturated carbocycles. The van der Waals surface area contributed by atoms with Gasteiger partial charge in [-0.3, -0.25) is 0 Å². The van der Waals surface area contributed by atoms with Gasteiger partial charge in [-0.2, -0.15) is 11.8 Å². The van der Waals surface area contributed by atoms with Crippen molar-refractivity contribution in [1.29, 1.82) is 0 Å². The van der Waals surface area contributed by atoms with Crippen LogP contribution in [0.2, 0.25) is 5.02 Å². The first-order chi connectivity index (χ1) is 9.56. The number of carbonyl (C=O) groups is 2. The second-order valence-corrected chi connectivity index (χ2v) is 5.38. The van der Waals surface area contributed by atoms with Crippen LogP contribution in [0.1, 0.15) is 6.42 Å². The molecule has 0 aromatic heterocycles. The van der Waals surface area contributed by atoms with Crippen LogP contribution < -0.4 is 10.6 Å². The van der Waals surface area contributed by atoms with Gasteiger partial charge in [0.05, 0.1) is 7.11 Å². The smallest absolute Gasteiger partial charge is 0.328 e. The number of halogens is 1. The molecular weight excluding hydrogens is 300 g/mol. The quantitative estimate of drug-likeness (QED) is 0.792. The van der Waals surface area contributed by atoms with E-state index in [2.05, 4.69) is 15.4 Å². The van der Waals surface area contributed by atoms with Gasteiger partial charge < -0.3 is 15.4 Å². The second kappa shape index (κ2) is 8.71. The number of hydrogen-bond acceptors (Lipinski definition) is 4. The number of benzene rings is 1. The van der Waals surface area contributed by atoms with Crippen molar-refractivity contribution in [2.45, 2.75) is 12.5 Å². The number of amides is 2. The number of carbonyl (C=O) groups excluding carboxylic acids is 2. The lowest BCUT2D eigenvalue weighted by Crippen LogP contribution is -2.44. The SMILES string of the molecule is COC(=O)[C@H](CCSC)NC(=O)Nc1ccc(Cl)cc1. The fourth-order valence-corrected chi connectivity index (χ4v) is 2.08. The third-order valence-corrected chi connectivity index (χ3v) is 3.40. The average molecular weight is 317 g/mol. The van der Waals surface area contributed by atoms with Gasteiger partial charge in [0.15, 0.2) is 0 Å². The summed E-state index contributed by atoms with van der Waals surface area (Å²) in [7, 11) is 1.30. The van der Waals surface area contributed by atoms with Crippen molar-refractivity contribution in [2.75, 3.05) is 24.4 Å². The van der Waals surface area contributed by atoms with E-state index in [4.69, 9.17) is 11.6 Å². The summed E-state index contributed by atoms with van der Waals surface area (Å²) in [6.07, 6.45) is 2.45. The molecule has 7 heteroatoms. The van der Waals surface area contributed by atoms with Gasteiger partial charge in [-0.15, -0.1) is 0 Å². The van der Waals surface area contributed by atoms with Gasteiger partial charge in [-0.25, -0.2) is 9.59 Å². The number of esters is 1. The highest BCUT2D eigenvalue weighted by atomic mass is 35.5. The maximum atomic E-state index is 11.8. The first-order valence-corrected chi connectivity index (χ1v) is 7.74. The van der Waals surface area contributed by atoms with E-state index in [0.29, 0.717) is 17.1 Å². The highest BCUT2D eigenvalue weighted by molar-refractivity contribution is 7.98. The first-order valence-electron chi connectivity index (χ1n) is 5.96. The highest BCUT2D eigenvalue weighted by Crippen LogP contribution is 2.13. The number of rotatable bonds is 6. The Bertz CT molecular complexity index is 453. The summed E-state index contributed by atoms with van der Waals surface area (Å²) in [6, 6.07) is 5.59. The van der Waals surface area contributed by atoms with Crippen LogP contribution >= 0.6 is 23.4 Å². The standard InChI is InChI=1S/C13H17ClN2O3S/c1-19-12(17)11(7-8-20-2)16-13(18)15-10-5-3-9(14)4-6-10/h3-6,11H,7-8H2,1-2H3,(H2,15,16,18)/t11-/m0/s1. The number of thioether (sulfide) groups is 1. The van der Waals surface area contributed by atoms with Gasteiger partial charge >= 0.3 is 12.0 Å². The van der Waals surface area contributed by atoms with Gasteiger partial charge in [0, 0.05) is 10.7 Å². The van der Waals surface area contributed by atoms with Gasteiger partial charge in [0.1, 0.15) is 6.04 Å². The number of nitrogens with one attached hydrogen (secondary N) is 2. The minimum Gasteiger partial charge on any atom is -0.467 e. The van der Waals surface area contributed by atoms with Crippen molar-refractivity contribution < 1.29 is 14.3 Å². The molecule has 0 aliphatic carbocycles. The van der Waals surface area contributed by atoms with Crippen LogP contribution in [0.4, 0.5) is 10.5 Å². The molecule has 5 nitrogen and oxygen atoms in total. The molecular formula is C13H17ClN2O3S. The van der Waals surface area contributed by atoms with Crippen molar-refractivity contribution in [3.05, 3.63) is 29.3 Å². The van der Waals surface area contributed by atoms with Crippen LogP contribution in [0.5, 0.6) is 0 Å². The van der Waals surface area contributed by atoms with E-state index in [0.717, 1.165) is 5.75 Å². The van der Waals surface area contributed by atoms with Crippen LogP contribution in [0.3, 0.4) is 0 Å². The van der Waals surface area contributed by atoms with E-state index in [1.165, 1.54) is 7.11 Å². The van der Waals surface area contributed by atoms with Crippen molar-refractivity contribution in [3.8, 4) is 0 Å². The molecule has 0 bridgehead atoms. The lowest BCUT2D eigenvalue weighted by molar-refractivity contribution is -0.142. The minimum atomic E-state index is -0.653. The summed E-state index contributed by atoms with van der Waals surface area (Å²) in [5, 5.41) is 5.81. The van der Waals surface area contributed by atoms with Crippen LogP contribution in [-0.4, -0.2) is 37.2 Å². The zero-order valence-corrected chi connectivity index (χ0v) is 12.9. The Hall–Kier alpha value is -1.40.